The van der Waals surface area contributed by atoms with Crippen LogP contribution >= 0.6 is 19.4 Å². The summed E-state index contributed by atoms with van der Waals surface area (Å²) in [6.45, 7) is 13.5. The van der Waals surface area contributed by atoms with Gasteiger partial charge in [0.1, 0.15) is 5.75 Å². The molecule has 1 aromatic carbocycles. The van der Waals surface area contributed by atoms with E-state index in [0.29, 0.717) is 0 Å². The van der Waals surface area contributed by atoms with Crippen LogP contribution in [0.3, 0.4) is 0 Å². The second-order valence-electron chi connectivity index (χ2n) is 9.12. The molecule has 0 spiro atoms. The van der Waals surface area contributed by atoms with E-state index in [9.17, 15) is 19.5 Å². The zero-order chi connectivity index (χ0) is 21.8. The van der Waals surface area contributed by atoms with Crippen molar-refractivity contribution in [2.24, 2.45) is 0 Å². The van der Waals surface area contributed by atoms with Crippen molar-refractivity contribution in [3.8, 4) is 5.75 Å². The van der Waals surface area contributed by atoms with Gasteiger partial charge in [-0.1, -0.05) is 50.9 Å². The van der Waals surface area contributed by atoms with E-state index in [1.54, 1.807) is 0 Å². The monoisotopic (exact) mass is 470 g/mol. The highest BCUT2D eigenvalue weighted by Crippen LogP contribution is 2.43. The number of ether oxygens (including phenoxy) is 2. The lowest BCUT2D eigenvalue weighted by atomic mass is 10.1. The molecule has 0 unspecified atom stereocenters. The van der Waals surface area contributed by atoms with Crippen molar-refractivity contribution in [3.05, 3.63) is 28.8 Å². The van der Waals surface area contributed by atoms with E-state index in [2.05, 4.69) is 39.3 Å². The molecule has 0 radical (unpaired) electrons. The predicted octanol–water partition coefficient (Wildman–Crippen LogP) is 4.62. The molecule has 0 fully saturated rings. The number of halogens is 1. The minimum Gasteiger partial charge on any atom is -0.404 e. The molecule has 3 N–H and O–H groups in total. The summed E-state index contributed by atoms with van der Waals surface area (Å²) < 4.78 is 27.5. The van der Waals surface area contributed by atoms with E-state index >= 15 is 0 Å². The molecule has 162 valence electrons. The molecule has 1 rings (SSSR count). The molecular weight excluding hydrogens is 439 g/mol. The van der Waals surface area contributed by atoms with Crippen molar-refractivity contribution in [2.75, 3.05) is 13.2 Å². The fourth-order valence-electron chi connectivity index (χ4n) is 2.15. The molecule has 0 atom stereocenters. The summed E-state index contributed by atoms with van der Waals surface area (Å²) in [6, 6.07) is 5.53. The van der Waals surface area contributed by atoms with Gasteiger partial charge in [-0.2, -0.15) is 0 Å². The van der Waals surface area contributed by atoms with Crippen molar-refractivity contribution in [2.45, 2.75) is 57.3 Å². The minimum absolute atomic E-state index is 0.0746. The molecule has 0 aromatic heterocycles. The standard InChI is InChI=1S/C17H32ClO7PSi2/c1-27(2,3)11-9-23-17(19,24-10-12-28(4,5)6)15-13-14(18)7-8-16(15)25-26(20,21)22/h7-8,13,19H,9-12H2,1-6H3,(H2,20,21,22). The van der Waals surface area contributed by atoms with Gasteiger partial charge < -0.3 is 19.1 Å². The number of phosphoric ester groups is 1. The number of phosphoric acid groups is 1. The molecule has 0 saturated heterocycles. The molecule has 28 heavy (non-hydrogen) atoms. The third-order valence-electron chi connectivity index (χ3n) is 3.80. The molecule has 0 aliphatic heterocycles. The first-order valence-electron chi connectivity index (χ1n) is 9.06. The number of rotatable bonds is 11. The lowest BCUT2D eigenvalue weighted by molar-refractivity contribution is -0.370. The summed E-state index contributed by atoms with van der Waals surface area (Å²) in [5.74, 6) is -2.48. The van der Waals surface area contributed by atoms with Crippen molar-refractivity contribution in [3.63, 3.8) is 0 Å². The lowest BCUT2D eigenvalue weighted by Crippen LogP contribution is -2.37. The molecule has 7 nitrogen and oxygen atoms in total. The highest BCUT2D eigenvalue weighted by molar-refractivity contribution is 7.46. The molecule has 11 heteroatoms. The largest absolute Gasteiger partial charge is 0.524 e. The van der Waals surface area contributed by atoms with Gasteiger partial charge in [0.2, 0.25) is 0 Å². The molecule has 0 aliphatic carbocycles. The Kier molecular flexibility index (Phi) is 8.96. The summed E-state index contributed by atoms with van der Waals surface area (Å²) in [5, 5.41) is 11.4. The van der Waals surface area contributed by atoms with Crippen LogP contribution in [0.1, 0.15) is 5.56 Å². The fraction of sp³-hybridized carbons (Fsp3) is 0.647. The normalized spacial score (nSPS) is 13.6. The fourth-order valence-corrected chi connectivity index (χ4v) is 4.16. The second kappa shape index (κ2) is 9.72. The Morgan fingerprint density at radius 2 is 1.46 bits per heavy atom. The maximum Gasteiger partial charge on any atom is 0.524 e. The number of hydrogen-bond acceptors (Lipinski definition) is 5. The Hall–Kier alpha value is -0.226. The lowest BCUT2D eigenvalue weighted by Gasteiger charge is -2.31. The Bertz CT molecular complexity index is 678. The Labute approximate surface area is 174 Å². The molecule has 0 heterocycles. The topological polar surface area (TPSA) is 105 Å². The first-order chi connectivity index (χ1) is 12.5. The van der Waals surface area contributed by atoms with Gasteiger partial charge in [0, 0.05) is 21.2 Å². The van der Waals surface area contributed by atoms with Crippen molar-refractivity contribution >= 4 is 35.6 Å². The van der Waals surface area contributed by atoms with Crippen LogP contribution in [0.15, 0.2) is 18.2 Å². The average Bonchev–Trinajstić information content (AvgIpc) is 2.45. The zero-order valence-corrected chi connectivity index (χ0v) is 21.0. The third kappa shape index (κ3) is 10.00. The van der Waals surface area contributed by atoms with Gasteiger partial charge in [0.15, 0.2) is 0 Å². The maximum absolute atomic E-state index is 11.3. The van der Waals surface area contributed by atoms with Crippen molar-refractivity contribution in [1.29, 1.82) is 0 Å². The third-order valence-corrected chi connectivity index (χ3v) is 7.88. The van der Waals surface area contributed by atoms with E-state index in [-0.39, 0.29) is 29.5 Å². The molecule has 0 bridgehead atoms. The number of hydrogen-bond donors (Lipinski definition) is 3. The van der Waals surface area contributed by atoms with Crippen LogP contribution in [0.5, 0.6) is 5.75 Å². The van der Waals surface area contributed by atoms with Gasteiger partial charge in [-0.15, -0.1) is 0 Å². The SMILES string of the molecule is C[Si](C)(C)CCOC(O)(OCC[Si](C)(C)C)c1cc(Cl)ccc1OP(=O)(O)O. The van der Waals surface area contributed by atoms with Gasteiger partial charge >= 0.3 is 13.8 Å². The summed E-state index contributed by atoms with van der Waals surface area (Å²) >= 11 is 6.05. The Morgan fingerprint density at radius 3 is 1.86 bits per heavy atom. The summed E-state index contributed by atoms with van der Waals surface area (Å²) in [6.07, 6.45) is 0. The quantitative estimate of drug-likeness (QED) is 0.246. The van der Waals surface area contributed by atoms with Crippen LogP contribution in [0.4, 0.5) is 0 Å². The predicted molar refractivity (Wildman–Crippen MR) is 116 cm³/mol. The van der Waals surface area contributed by atoms with E-state index in [1.165, 1.54) is 18.2 Å². The van der Waals surface area contributed by atoms with Gasteiger partial charge in [-0.25, -0.2) is 4.57 Å². The Morgan fingerprint density at radius 1 is 1.00 bits per heavy atom. The van der Waals surface area contributed by atoms with E-state index in [1.807, 2.05) is 0 Å². The first kappa shape index (κ1) is 25.8. The van der Waals surface area contributed by atoms with Crippen LogP contribution in [-0.2, 0) is 20.0 Å². The van der Waals surface area contributed by atoms with Crippen LogP contribution in [0.2, 0.25) is 56.4 Å². The summed E-state index contributed by atoms with van der Waals surface area (Å²) in [7, 11) is -7.75. The van der Waals surface area contributed by atoms with Crippen molar-refractivity contribution < 1.29 is 33.5 Å². The second-order valence-corrected chi connectivity index (χ2v) is 22.0. The van der Waals surface area contributed by atoms with Crippen LogP contribution in [0.25, 0.3) is 0 Å². The van der Waals surface area contributed by atoms with Crippen LogP contribution in [-0.4, -0.2) is 44.3 Å². The first-order valence-corrected chi connectivity index (χ1v) is 18.4. The Balaban J connectivity index is 3.21. The van der Waals surface area contributed by atoms with Gasteiger partial charge in [-0.3, -0.25) is 9.79 Å². The molecule has 0 amide bonds. The number of aliphatic hydroxyl groups is 1. The van der Waals surface area contributed by atoms with Crippen LogP contribution in [0, 0.1) is 0 Å². The summed E-state index contributed by atoms with van der Waals surface area (Å²) in [5.41, 5.74) is -0.0746. The molecule has 0 saturated carbocycles. The summed E-state index contributed by atoms with van der Waals surface area (Å²) in [4.78, 5) is 18.4. The van der Waals surface area contributed by atoms with E-state index in [4.69, 9.17) is 25.6 Å². The van der Waals surface area contributed by atoms with Gasteiger partial charge in [-0.05, 0) is 30.3 Å². The van der Waals surface area contributed by atoms with E-state index in [0.717, 1.165) is 12.1 Å². The van der Waals surface area contributed by atoms with Crippen LogP contribution < -0.4 is 4.52 Å². The highest BCUT2D eigenvalue weighted by Gasteiger charge is 2.38. The van der Waals surface area contributed by atoms with E-state index < -0.39 is 29.9 Å². The van der Waals surface area contributed by atoms with Gasteiger partial charge in [0.25, 0.3) is 0 Å². The maximum atomic E-state index is 11.3. The molecule has 1 aromatic rings. The zero-order valence-electron chi connectivity index (χ0n) is 17.4. The number of benzene rings is 1. The molecule has 0 aliphatic rings. The minimum atomic E-state index is -4.86. The molecular formula is C17H32ClO7PSi2. The smallest absolute Gasteiger partial charge is 0.404 e. The average molecular weight is 471 g/mol. The van der Waals surface area contributed by atoms with Gasteiger partial charge in [0.05, 0.1) is 18.8 Å². The highest BCUT2D eigenvalue weighted by atomic mass is 35.5. The van der Waals surface area contributed by atoms with Crippen molar-refractivity contribution in [1.82, 2.24) is 0 Å².